The molecule has 39 heavy (non-hydrogen) atoms. The van der Waals surface area contributed by atoms with Gasteiger partial charge in [-0.25, -0.2) is 14.8 Å². The molecule has 5 rings (SSSR count). The molecule has 0 bridgehead atoms. The van der Waals surface area contributed by atoms with E-state index in [1.807, 2.05) is 75.1 Å². The van der Waals surface area contributed by atoms with E-state index in [9.17, 15) is 13.8 Å². The average Bonchev–Trinajstić information content (AvgIpc) is 3.44. The number of hydrogen-bond acceptors (Lipinski definition) is 5. The average molecular weight is 566 g/mol. The molecular weight excluding hydrogens is 535 g/mol. The van der Waals surface area contributed by atoms with Crippen molar-refractivity contribution >= 4 is 40.0 Å². The molecule has 0 spiro atoms. The smallest absolute Gasteiger partial charge is 0.424 e. The normalized spacial score (nSPS) is 13.3. The summed E-state index contributed by atoms with van der Waals surface area (Å²) in [6.07, 6.45) is -0.420. The fourth-order valence-electron chi connectivity index (χ4n) is 5.18. The molecule has 2 atom stereocenters. The predicted octanol–water partition coefficient (Wildman–Crippen LogP) is 6.87. The Balaban J connectivity index is 1.26. The first-order valence-electron chi connectivity index (χ1n) is 12.6. The molecule has 2 unspecified atom stereocenters. The van der Waals surface area contributed by atoms with E-state index >= 15 is 0 Å². The van der Waals surface area contributed by atoms with Gasteiger partial charge in [0.15, 0.2) is 0 Å². The van der Waals surface area contributed by atoms with Gasteiger partial charge in [-0.15, -0.1) is 0 Å². The van der Waals surface area contributed by atoms with Gasteiger partial charge in [-0.1, -0.05) is 66.7 Å². The number of nitrogens with zero attached hydrogens (tertiary/aromatic N) is 3. The third-order valence-electron chi connectivity index (χ3n) is 7.13. The molecule has 0 N–H and O–H groups in total. The van der Waals surface area contributed by atoms with Crippen molar-refractivity contribution in [3.05, 3.63) is 95.7 Å². The Labute approximate surface area is 230 Å². The van der Waals surface area contributed by atoms with Crippen molar-refractivity contribution in [2.24, 2.45) is 0 Å². The number of carbonyl (C=O) groups excluding carboxylic acids is 2. The lowest BCUT2D eigenvalue weighted by Gasteiger charge is -2.28. The van der Waals surface area contributed by atoms with Crippen molar-refractivity contribution in [2.45, 2.75) is 25.4 Å². The number of hydrogen-bond donors (Lipinski definition) is 0. The number of ether oxygens (including phenoxy) is 1. The molecule has 0 radical (unpaired) electrons. The third kappa shape index (κ3) is 5.84. The molecule has 1 amide bonds. The van der Waals surface area contributed by atoms with Crippen LogP contribution in [0.15, 0.2) is 78.9 Å². The summed E-state index contributed by atoms with van der Waals surface area (Å²) < 4.78 is 25.6. The van der Waals surface area contributed by atoms with Crippen LogP contribution in [0.3, 0.4) is 0 Å². The molecule has 7 nitrogen and oxygen atoms in total. The van der Waals surface area contributed by atoms with Crippen LogP contribution in [0.2, 0.25) is 0 Å². The molecule has 1 aromatic heterocycles. The first kappa shape index (κ1) is 27.3. The lowest BCUT2D eigenvalue weighted by atomic mass is 9.98. The second kappa shape index (κ2) is 11.8. The summed E-state index contributed by atoms with van der Waals surface area (Å²) in [5.41, 5.74) is 6.53. The van der Waals surface area contributed by atoms with E-state index in [2.05, 4.69) is 24.3 Å². The van der Waals surface area contributed by atoms with E-state index in [-0.39, 0.29) is 18.9 Å². The number of aromatic nitrogens is 1. The van der Waals surface area contributed by atoms with Crippen molar-refractivity contribution in [3.63, 3.8) is 0 Å². The van der Waals surface area contributed by atoms with Gasteiger partial charge < -0.3 is 13.8 Å². The van der Waals surface area contributed by atoms with Crippen LogP contribution in [0.4, 0.5) is 8.99 Å². The number of halogens is 1. The van der Waals surface area contributed by atoms with Crippen LogP contribution in [-0.4, -0.2) is 47.3 Å². The van der Waals surface area contributed by atoms with Gasteiger partial charge >= 0.3 is 12.1 Å². The molecule has 4 aromatic rings. The molecule has 0 aliphatic heterocycles. The first-order valence-corrected chi connectivity index (χ1v) is 15.4. The number of carbonyl (C=O) groups is 2. The van der Waals surface area contributed by atoms with Crippen molar-refractivity contribution in [2.75, 3.05) is 20.7 Å². The number of hydrazine groups is 1. The fraction of sp³-hybridized carbons (Fsp3) is 0.241. The Morgan fingerprint density at radius 2 is 1.59 bits per heavy atom. The molecule has 3 aromatic carbocycles. The van der Waals surface area contributed by atoms with E-state index in [4.69, 9.17) is 9.26 Å². The molecule has 1 heterocycles. The minimum absolute atomic E-state index is 0.0192. The number of amides is 1. The zero-order valence-electron chi connectivity index (χ0n) is 21.8. The predicted molar refractivity (Wildman–Crippen MR) is 155 cm³/mol. The number of rotatable bonds is 9. The molecule has 1 aliphatic carbocycles. The second-order valence-corrected chi connectivity index (χ2v) is 11.4. The minimum atomic E-state index is -2.33. The van der Waals surface area contributed by atoms with Gasteiger partial charge in [0, 0.05) is 37.8 Å². The Hall–Kier alpha value is -3.31. The summed E-state index contributed by atoms with van der Waals surface area (Å²) in [4.78, 5) is 25.1. The van der Waals surface area contributed by atoms with E-state index in [1.165, 1.54) is 16.1 Å². The maximum Gasteiger partial charge on any atom is 0.424 e. The molecular formula is C29H30FN3O4P2. The van der Waals surface area contributed by atoms with Gasteiger partial charge in [0.25, 0.3) is 8.15 Å². The monoisotopic (exact) mass is 565 g/mol. The summed E-state index contributed by atoms with van der Waals surface area (Å²) in [5, 5.41) is 4.23. The highest BCUT2D eigenvalue weighted by atomic mass is 32.0. The van der Waals surface area contributed by atoms with E-state index in [1.54, 1.807) is 12.1 Å². The van der Waals surface area contributed by atoms with Crippen LogP contribution in [0.5, 0.6) is 0 Å². The quantitative estimate of drug-likeness (QED) is 0.164. The number of benzene rings is 3. The maximum atomic E-state index is 13.1. The maximum absolute atomic E-state index is 13.1. The van der Waals surface area contributed by atoms with Gasteiger partial charge in [0.2, 0.25) is 0 Å². The summed E-state index contributed by atoms with van der Waals surface area (Å²) in [7, 11) is 3.03. The van der Waals surface area contributed by atoms with E-state index in [0.717, 1.165) is 27.7 Å². The summed E-state index contributed by atoms with van der Waals surface area (Å²) in [6, 6.07) is 26.3. The molecule has 202 valence electrons. The van der Waals surface area contributed by atoms with Crippen LogP contribution in [0.25, 0.3) is 22.0 Å². The van der Waals surface area contributed by atoms with Gasteiger partial charge in [-0.2, -0.15) is 4.20 Å². The topological polar surface area (TPSA) is 64.0 Å². The number of fused-ring (bicyclic) bond motifs is 4. The fourth-order valence-corrected chi connectivity index (χ4v) is 5.81. The largest absolute Gasteiger partial charge is 0.447 e. The summed E-state index contributed by atoms with van der Waals surface area (Å²) in [5.74, 6) is -0.610. The highest BCUT2D eigenvalue weighted by molar-refractivity contribution is 8.08. The van der Waals surface area contributed by atoms with Crippen LogP contribution in [0, 0.1) is 0 Å². The van der Waals surface area contributed by atoms with Crippen molar-refractivity contribution < 1.29 is 23.0 Å². The molecule has 0 saturated heterocycles. The Morgan fingerprint density at radius 3 is 2.26 bits per heavy atom. The van der Waals surface area contributed by atoms with Gasteiger partial charge in [0.05, 0.1) is 13.0 Å². The van der Waals surface area contributed by atoms with Crippen LogP contribution >= 0.6 is 17.1 Å². The molecule has 0 saturated carbocycles. The lowest BCUT2D eigenvalue weighted by molar-refractivity contribution is -0.134. The highest BCUT2D eigenvalue weighted by Gasteiger charge is 2.30. The first-order chi connectivity index (χ1) is 18.8. The Morgan fingerprint density at radius 1 is 0.974 bits per heavy atom. The molecule has 10 heteroatoms. The van der Waals surface area contributed by atoms with E-state index in [0.29, 0.717) is 13.1 Å². The summed E-state index contributed by atoms with van der Waals surface area (Å²) in [6.45, 7) is 0.960. The minimum Gasteiger partial charge on any atom is -0.447 e. The van der Waals surface area contributed by atoms with Gasteiger partial charge in [-0.05, 0) is 48.7 Å². The highest BCUT2D eigenvalue weighted by Crippen LogP contribution is 2.47. The van der Waals surface area contributed by atoms with Crippen LogP contribution in [0.1, 0.15) is 29.2 Å². The van der Waals surface area contributed by atoms with Crippen LogP contribution in [-0.2, 0) is 27.1 Å². The summed E-state index contributed by atoms with van der Waals surface area (Å²) >= 11 is 0. The Kier molecular flexibility index (Phi) is 8.27. The van der Waals surface area contributed by atoms with Crippen molar-refractivity contribution in [1.82, 2.24) is 14.6 Å². The zero-order chi connectivity index (χ0) is 27.5. The Bertz CT molecular complexity index is 1460. The standard InChI is InChI=1S/C29H30FN3O4P2/c1-31(18-21-17-20-9-3-8-14-27(20)33(21)16-15-28(34)37-39(30)38)32(2)29(35)36-19-26-24-12-6-4-10-22(24)23-11-5-7-13-25(23)26/h3-14,17,26H,15-16,18-19,38H2,1-2H3. The van der Waals surface area contributed by atoms with Gasteiger partial charge in [0.1, 0.15) is 6.61 Å². The zero-order valence-corrected chi connectivity index (χ0v) is 23.8. The van der Waals surface area contributed by atoms with E-state index < -0.39 is 20.2 Å². The van der Waals surface area contributed by atoms with Crippen molar-refractivity contribution in [1.29, 1.82) is 0 Å². The SMILES string of the molecule is CN(Cc1cc2ccccc2n1CCC(=O)OP(F)P)N(C)C(=O)OCC1c2ccccc2-c2ccccc21. The van der Waals surface area contributed by atoms with Crippen LogP contribution < -0.4 is 0 Å². The van der Waals surface area contributed by atoms with Crippen molar-refractivity contribution in [3.8, 4) is 11.1 Å². The number of para-hydroxylation sites is 1. The number of aryl methyl sites for hydroxylation is 1. The lowest BCUT2D eigenvalue weighted by Crippen LogP contribution is -2.41. The molecule has 1 aliphatic rings. The van der Waals surface area contributed by atoms with Gasteiger partial charge in [-0.3, -0.25) is 4.79 Å². The third-order valence-corrected chi connectivity index (χ3v) is 7.82. The second-order valence-electron chi connectivity index (χ2n) is 9.47. The molecule has 0 fully saturated rings.